The molecule has 136 valence electrons. The molecule has 0 fully saturated rings. The fourth-order valence-electron chi connectivity index (χ4n) is 2.73. The van der Waals surface area contributed by atoms with Crippen LogP contribution in [0.3, 0.4) is 0 Å². The standard InChI is InChI=1S/C21H23NO4/c1-3-15-26-20(24)21(18-10-6-4-7-11-18,19-12-8-5-9-13-19)22-14-16-25-17(2)23/h3-13,22H,1,14-16H2,2H3. The minimum absolute atomic E-state index is 0.103. The van der Waals surface area contributed by atoms with Crippen molar-refractivity contribution in [2.75, 3.05) is 19.8 Å². The van der Waals surface area contributed by atoms with Crippen molar-refractivity contribution in [3.05, 3.63) is 84.4 Å². The van der Waals surface area contributed by atoms with Gasteiger partial charge in [-0.15, -0.1) is 0 Å². The third-order valence-electron chi connectivity index (χ3n) is 3.85. The lowest BCUT2D eigenvalue weighted by atomic mass is 9.82. The molecule has 5 nitrogen and oxygen atoms in total. The second kappa shape index (κ2) is 9.53. The van der Waals surface area contributed by atoms with E-state index in [1.807, 2.05) is 60.7 Å². The number of carbonyl (C=O) groups excluding carboxylic acids is 2. The highest BCUT2D eigenvalue weighted by atomic mass is 16.5. The molecule has 0 unspecified atom stereocenters. The Hall–Kier alpha value is -2.92. The van der Waals surface area contributed by atoms with Gasteiger partial charge in [-0.05, 0) is 11.1 Å². The van der Waals surface area contributed by atoms with E-state index < -0.39 is 11.5 Å². The molecule has 0 bridgehead atoms. The summed E-state index contributed by atoms with van der Waals surface area (Å²) in [5, 5.41) is 3.24. The Morgan fingerprint density at radius 1 is 1.00 bits per heavy atom. The van der Waals surface area contributed by atoms with E-state index in [1.165, 1.54) is 13.0 Å². The molecule has 5 heteroatoms. The van der Waals surface area contributed by atoms with Crippen LogP contribution in [0, 0.1) is 0 Å². The van der Waals surface area contributed by atoms with Gasteiger partial charge >= 0.3 is 11.9 Å². The summed E-state index contributed by atoms with van der Waals surface area (Å²) >= 11 is 0. The van der Waals surface area contributed by atoms with Gasteiger partial charge in [-0.2, -0.15) is 0 Å². The molecule has 0 amide bonds. The molecule has 2 aromatic carbocycles. The molecule has 2 rings (SSSR count). The molecule has 26 heavy (non-hydrogen) atoms. The van der Waals surface area contributed by atoms with Crippen LogP contribution < -0.4 is 5.32 Å². The molecule has 2 aromatic rings. The first-order chi connectivity index (χ1) is 12.6. The Labute approximate surface area is 153 Å². The van der Waals surface area contributed by atoms with Crippen molar-refractivity contribution < 1.29 is 19.1 Å². The molecule has 0 saturated carbocycles. The summed E-state index contributed by atoms with van der Waals surface area (Å²) in [6.45, 7) is 5.48. The number of carbonyl (C=O) groups is 2. The number of hydrogen-bond acceptors (Lipinski definition) is 5. The molecule has 0 atom stereocenters. The molecule has 0 aliphatic rings. The summed E-state index contributed by atoms with van der Waals surface area (Å²) < 4.78 is 10.4. The Kier molecular flexibility index (Phi) is 7.12. The van der Waals surface area contributed by atoms with Gasteiger partial charge in [-0.25, -0.2) is 4.79 Å². The molecule has 1 N–H and O–H groups in total. The number of ether oxygens (including phenoxy) is 2. The lowest BCUT2D eigenvalue weighted by Gasteiger charge is -2.33. The van der Waals surface area contributed by atoms with E-state index in [4.69, 9.17) is 9.47 Å². The van der Waals surface area contributed by atoms with E-state index in [1.54, 1.807) is 0 Å². The SMILES string of the molecule is C=CCOC(=O)C(NCCOC(C)=O)(c1ccccc1)c1ccccc1. The van der Waals surface area contributed by atoms with Crippen LogP contribution in [0.25, 0.3) is 0 Å². The molecule has 0 heterocycles. The highest BCUT2D eigenvalue weighted by molar-refractivity contribution is 5.87. The number of nitrogens with one attached hydrogen (secondary N) is 1. The van der Waals surface area contributed by atoms with Crippen LogP contribution in [0.5, 0.6) is 0 Å². The maximum Gasteiger partial charge on any atom is 0.336 e. The summed E-state index contributed by atoms with van der Waals surface area (Å²) in [5.74, 6) is -0.816. The second-order valence-electron chi connectivity index (χ2n) is 5.64. The van der Waals surface area contributed by atoms with E-state index in [2.05, 4.69) is 11.9 Å². The van der Waals surface area contributed by atoms with Gasteiger partial charge in [0.25, 0.3) is 0 Å². The van der Waals surface area contributed by atoms with Gasteiger partial charge in [0.05, 0.1) is 0 Å². The van der Waals surface area contributed by atoms with Crippen molar-refractivity contribution in [2.45, 2.75) is 12.5 Å². The molecule has 0 aliphatic carbocycles. The normalized spacial score (nSPS) is 10.8. The predicted octanol–water partition coefficient (Wildman–Crippen LogP) is 2.81. The van der Waals surface area contributed by atoms with Crippen molar-refractivity contribution in [3.63, 3.8) is 0 Å². The number of esters is 2. The first kappa shape index (κ1) is 19.4. The molecule has 0 spiro atoms. The highest BCUT2D eigenvalue weighted by Gasteiger charge is 2.43. The minimum atomic E-state index is -1.22. The number of hydrogen-bond donors (Lipinski definition) is 1. The van der Waals surface area contributed by atoms with E-state index in [0.717, 1.165) is 11.1 Å². The summed E-state index contributed by atoms with van der Waals surface area (Å²) in [4.78, 5) is 24.1. The van der Waals surface area contributed by atoms with E-state index >= 15 is 0 Å². The van der Waals surface area contributed by atoms with Gasteiger partial charge < -0.3 is 9.47 Å². The smallest absolute Gasteiger partial charge is 0.336 e. The van der Waals surface area contributed by atoms with E-state index in [-0.39, 0.29) is 25.7 Å². The van der Waals surface area contributed by atoms with Crippen molar-refractivity contribution in [1.82, 2.24) is 5.32 Å². The van der Waals surface area contributed by atoms with Gasteiger partial charge in [-0.1, -0.05) is 73.3 Å². The zero-order chi connectivity index (χ0) is 18.8. The molecule has 0 aliphatic heterocycles. The third-order valence-corrected chi connectivity index (χ3v) is 3.85. The lowest BCUT2D eigenvalue weighted by molar-refractivity contribution is -0.149. The minimum Gasteiger partial charge on any atom is -0.465 e. The Balaban J connectivity index is 2.46. The van der Waals surface area contributed by atoms with Crippen molar-refractivity contribution in [2.24, 2.45) is 0 Å². The molecular formula is C21H23NO4. The monoisotopic (exact) mass is 353 g/mol. The average molecular weight is 353 g/mol. The largest absolute Gasteiger partial charge is 0.465 e. The fourth-order valence-corrected chi connectivity index (χ4v) is 2.73. The number of rotatable bonds is 9. The highest BCUT2D eigenvalue weighted by Crippen LogP contribution is 2.31. The van der Waals surface area contributed by atoms with Gasteiger partial charge in [-0.3, -0.25) is 10.1 Å². The van der Waals surface area contributed by atoms with Crippen LogP contribution in [0.4, 0.5) is 0 Å². The van der Waals surface area contributed by atoms with Crippen molar-refractivity contribution in [1.29, 1.82) is 0 Å². The van der Waals surface area contributed by atoms with Crippen LogP contribution in [-0.2, 0) is 24.6 Å². The summed E-state index contributed by atoms with van der Waals surface area (Å²) in [5.41, 5.74) is 0.261. The van der Waals surface area contributed by atoms with Gasteiger partial charge in [0.1, 0.15) is 13.2 Å². The zero-order valence-electron chi connectivity index (χ0n) is 14.8. The molecule has 0 aromatic heterocycles. The van der Waals surface area contributed by atoms with Crippen molar-refractivity contribution >= 4 is 11.9 Å². The summed E-state index contributed by atoms with van der Waals surface area (Å²) in [6.07, 6.45) is 1.53. The maximum atomic E-state index is 13.1. The topological polar surface area (TPSA) is 64.6 Å². The Morgan fingerprint density at radius 2 is 1.54 bits per heavy atom. The van der Waals surface area contributed by atoms with Crippen LogP contribution in [0.2, 0.25) is 0 Å². The zero-order valence-corrected chi connectivity index (χ0v) is 14.8. The first-order valence-corrected chi connectivity index (χ1v) is 8.39. The number of benzene rings is 2. The average Bonchev–Trinajstić information content (AvgIpc) is 2.67. The maximum absolute atomic E-state index is 13.1. The molecule has 0 radical (unpaired) electrons. The van der Waals surface area contributed by atoms with Crippen LogP contribution in [-0.4, -0.2) is 31.7 Å². The van der Waals surface area contributed by atoms with Crippen LogP contribution in [0.15, 0.2) is 73.3 Å². The first-order valence-electron chi connectivity index (χ1n) is 8.39. The second-order valence-corrected chi connectivity index (χ2v) is 5.64. The Morgan fingerprint density at radius 3 is 2.00 bits per heavy atom. The van der Waals surface area contributed by atoms with Gasteiger partial charge in [0.15, 0.2) is 5.54 Å². The fraction of sp³-hybridized carbons (Fsp3) is 0.238. The van der Waals surface area contributed by atoms with Gasteiger partial charge in [0.2, 0.25) is 0 Å². The quantitative estimate of drug-likeness (QED) is 0.427. The van der Waals surface area contributed by atoms with Crippen LogP contribution in [0.1, 0.15) is 18.1 Å². The van der Waals surface area contributed by atoms with E-state index in [9.17, 15) is 9.59 Å². The summed E-state index contributed by atoms with van der Waals surface area (Å²) in [6, 6.07) is 18.7. The van der Waals surface area contributed by atoms with Crippen molar-refractivity contribution in [3.8, 4) is 0 Å². The molecular weight excluding hydrogens is 330 g/mol. The molecule has 0 saturated heterocycles. The Bertz CT molecular complexity index is 689. The van der Waals surface area contributed by atoms with Crippen LogP contribution >= 0.6 is 0 Å². The lowest BCUT2D eigenvalue weighted by Crippen LogP contribution is -2.52. The predicted molar refractivity (Wildman–Crippen MR) is 99.5 cm³/mol. The van der Waals surface area contributed by atoms with E-state index in [0.29, 0.717) is 0 Å². The third kappa shape index (κ3) is 4.58. The summed E-state index contributed by atoms with van der Waals surface area (Å²) in [7, 11) is 0. The van der Waals surface area contributed by atoms with Gasteiger partial charge in [0, 0.05) is 13.5 Å².